The van der Waals surface area contributed by atoms with E-state index in [-0.39, 0.29) is 0 Å². The molecule has 1 saturated heterocycles. The van der Waals surface area contributed by atoms with Crippen molar-refractivity contribution in [3.8, 4) is 0 Å². The number of hydrogen-bond acceptors (Lipinski definition) is 4. The Bertz CT molecular complexity index is 350. The van der Waals surface area contributed by atoms with Crippen molar-refractivity contribution in [2.75, 3.05) is 0 Å². The average molecular weight is 238 g/mol. The minimum atomic E-state index is 0.296. The summed E-state index contributed by atoms with van der Waals surface area (Å²) in [5.74, 6) is 0.988. The number of ether oxygens (including phenoxy) is 1. The zero-order chi connectivity index (χ0) is 12.3. The molecule has 5 nitrogen and oxygen atoms in total. The predicted molar refractivity (Wildman–Crippen MR) is 65.6 cm³/mol. The van der Waals surface area contributed by atoms with E-state index in [4.69, 9.17) is 4.74 Å². The molecule has 2 rings (SSSR count). The van der Waals surface area contributed by atoms with Gasteiger partial charge in [0, 0.05) is 6.04 Å². The van der Waals surface area contributed by atoms with Crippen LogP contribution in [-0.4, -0.2) is 33.0 Å². The second kappa shape index (κ2) is 5.60. The van der Waals surface area contributed by atoms with Crippen LogP contribution in [0.3, 0.4) is 0 Å². The van der Waals surface area contributed by atoms with E-state index >= 15 is 0 Å². The molecule has 0 radical (unpaired) electrons. The second-order valence-corrected chi connectivity index (χ2v) is 5.04. The third-order valence-corrected chi connectivity index (χ3v) is 3.06. The fourth-order valence-corrected chi connectivity index (χ4v) is 2.09. The number of hydrogen-bond donors (Lipinski definition) is 1. The third-order valence-electron chi connectivity index (χ3n) is 3.06. The molecule has 96 valence electrons. The Morgan fingerprint density at radius 3 is 3.00 bits per heavy atom. The van der Waals surface area contributed by atoms with Gasteiger partial charge in [-0.15, -0.1) is 0 Å². The van der Waals surface area contributed by atoms with Gasteiger partial charge in [-0.1, -0.05) is 13.8 Å². The summed E-state index contributed by atoms with van der Waals surface area (Å²) >= 11 is 0. The topological polar surface area (TPSA) is 52.0 Å². The minimum absolute atomic E-state index is 0.296. The van der Waals surface area contributed by atoms with E-state index in [0.29, 0.717) is 18.2 Å². The van der Waals surface area contributed by atoms with Gasteiger partial charge in [0.05, 0.1) is 25.3 Å². The number of nitrogens with one attached hydrogen (secondary N) is 1. The van der Waals surface area contributed by atoms with Gasteiger partial charge in [0.25, 0.3) is 0 Å². The smallest absolute Gasteiger partial charge is 0.140 e. The monoisotopic (exact) mass is 238 g/mol. The predicted octanol–water partition coefficient (Wildman–Crippen LogP) is 1.34. The summed E-state index contributed by atoms with van der Waals surface area (Å²) in [6, 6.07) is 0.461. The fourth-order valence-electron chi connectivity index (χ4n) is 2.09. The Balaban J connectivity index is 1.89. The van der Waals surface area contributed by atoms with Gasteiger partial charge in [0.2, 0.25) is 0 Å². The molecule has 1 aliphatic rings. The summed E-state index contributed by atoms with van der Waals surface area (Å²) in [6.07, 6.45) is 4.58. The molecule has 0 spiro atoms. The van der Waals surface area contributed by atoms with Gasteiger partial charge in [-0.2, -0.15) is 5.10 Å². The first-order valence-corrected chi connectivity index (χ1v) is 6.40. The Hall–Kier alpha value is -0.940. The van der Waals surface area contributed by atoms with Crippen molar-refractivity contribution in [2.24, 2.45) is 0 Å². The maximum absolute atomic E-state index is 5.81. The SMILES string of the molecule is CC(C)NCc1ncnn1CC1CCC(C)O1. The van der Waals surface area contributed by atoms with E-state index in [1.165, 1.54) is 0 Å². The van der Waals surface area contributed by atoms with Crippen molar-refractivity contribution in [3.05, 3.63) is 12.2 Å². The molecular weight excluding hydrogens is 216 g/mol. The van der Waals surface area contributed by atoms with Crippen LogP contribution in [0.4, 0.5) is 0 Å². The standard InChI is InChI=1S/C12H22N4O/c1-9(2)13-6-12-14-8-15-16(12)7-11-5-4-10(3)17-11/h8-11,13H,4-7H2,1-3H3. The lowest BCUT2D eigenvalue weighted by Gasteiger charge is -2.13. The number of rotatable bonds is 5. The molecule has 0 saturated carbocycles. The van der Waals surface area contributed by atoms with Gasteiger partial charge in [0.1, 0.15) is 12.2 Å². The maximum atomic E-state index is 5.81. The van der Waals surface area contributed by atoms with E-state index in [1.54, 1.807) is 6.33 Å². The molecule has 2 heterocycles. The number of nitrogens with zero attached hydrogens (tertiary/aromatic N) is 3. The molecule has 1 fully saturated rings. The molecule has 0 aliphatic carbocycles. The highest BCUT2D eigenvalue weighted by atomic mass is 16.5. The first kappa shape index (κ1) is 12.5. The van der Waals surface area contributed by atoms with Crippen molar-refractivity contribution in [2.45, 2.75) is 65.0 Å². The Kier molecular flexibility index (Phi) is 4.12. The lowest BCUT2D eigenvalue weighted by molar-refractivity contribution is 0.0430. The van der Waals surface area contributed by atoms with E-state index in [0.717, 1.165) is 31.8 Å². The molecule has 2 unspecified atom stereocenters. The highest BCUT2D eigenvalue weighted by Crippen LogP contribution is 2.20. The van der Waals surface area contributed by atoms with Crippen molar-refractivity contribution in [3.63, 3.8) is 0 Å². The highest BCUT2D eigenvalue weighted by Gasteiger charge is 2.23. The van der Waals surface area contributed by atoms with E-state index in [9.17, 15) is 0 Å². The van der Waals surface area contributed by atoms with Gasteiger partial charge < -0.3 is 10.1 Å². The van der Waals surface area contributed by atoms with E-state index in [1.807, 2.05) is 4.68 Å². The van der Waals surface area contributed by atoms with E-state index < -0.39 is 0 Å². The van der Waals surface area contributed by atoms with Crippen LogP contribution < -0.4 is 5.32 Å². The zero-order valence-electron chi connectivity index (χ0n) is 10.9. The molecule has 17 heavy (non-hydrogen) atoms. The summed E-state index contributed by atoms with van der Waals surface area (Å²) in [5, 5.41) is 7.63. The Morgan fingerprint density at radius 2 is 2.35 bits per heavy atom. The molecule has 0 amide bonds. The summed E-state index contributed by atoms with van der Waals surface area (Å²) < 4.78 is 7.76. The summed E-state index contributed by atoms with van der Waals surface area (Å²) in [7, 11) is 0. The minimum Gasteiger partial charge on any atom is -0.373 e. The van der Waals surface area contributed by atoms with E-state index in [2.05, 4.69) is 36.2 Å². The van der Waals surface area contributed by atoms with Crippen molar-refractivity contribution in [1.82, 2.24) is 20.1 Å². The molecule has 1 aliphatic heterocycles. The second-order valence-electron chi connectivity index (χ2n) is 5.04. The molecule has 1 N–H and O–H groups in total. The van der Waals surface area contributed by atoms with Gasteiger partial charge in [-0.05, 0) is 19.8 Å². The molecule has 5 heteroatoms. The van der Waals surface area contributed by atoms with Crippen LogP contribution in [0.1, 0.15) is 39.4 Å². The summed E-state index contributed by atoms with van der Waals surface area (Å²) in [4.78, 5) is 4.28. The summed E-state index contributed by atoms with van der Waals surface area (Å²) in [5.41, 5.74) is 0. The van der Waals surface area contributed by atoms with Crippen LogP contribution in [0.25, 0.3) is 0 Å². The average Bonchev–Trinajstić information content (AvgIpc) is 2.86. The highest BCUT2D eigenvalue weighted by molar-refractivity contribution is 4.86. The van der Waals surface area contributed by atoms with Gasteiger partial charge in [-0.3, -0.25) is 0 Å². The molecule has 0 bridgehead atoms. The molecule has 2 atom stereocenters. The number of aromatic nitrogens is 3. The quantitative estimate of drug-likeness (QED) is 0.841. The van der Waals surface area contributed by atoms with Crippen LogP contribution in [0, 0.1) is 0 Å². The van der Waals surface area contributed by atoms with Gasteiger partial charge in [0.15, 0.2) is 0 Å². The zero-order valence-corrected chi connectivity index (χ0v) is 10.9. The molecule has 1 aromatic rings. The Labute approximate surface area is 103 Å². The van der Waals surface area contributed by atoms with Crippen LogP contribution >= 0.6 is 0 Å². The van der Waals surface area contributed by atoms with Crippen LogP contribution in [0.5, 0.6) is 0 Å². The lowest BCUT2D eigenvalue weighted by atomic mass is 10.2. The lowest BCUT2D eigenvalue weighted by Crippen LogP contribution is -2.26. The molecule has 0 aromatic carbocycles. The first-order chi connectivity index (χ1) is 8.15. The van der Waals surface area contributed by atoms with Crippen LogP contribution in [0.2, 0.25) is 0 Å². The van der Waals surface area contributed by atoms with Crippen molar-refractivity contribution < 1.29 is 4.74 Å². The van der Waals surface area contributed by atoms with Crippen LogP contribution in [-0.2, 0) is 17.8 Å². The van der Waals surface area contributed by atoms with Crippen LogP contribution in [0.15, 0.2) is 6.33 Å². The van der Waals surface area contributed by atoms with Crippen molar-refractivity contribution >= 4 is 0 Å². The fraction of sp³-hybridized carbons (Fsp3) is 0.833. The third kappa shape index (κ3) is 3.51. The Morgan fingerprint density at radius 1 is 1.53 bits per heavy atom. The molecule has 1 aromatic heterocycles. The van der Waals surface area contributed by atoms with Gasteiger partial charge >= 0.3 is 0 Å². The normalized spacial score (nSPS) is 24.7. The van der Waals surface area contributed by atoms with Gasteiger partial charge in [-0.25, -0.2) is 9.67 Å². The largest absolute Gasteiger partial charge is 0.373 e. The van der Waals surface area contributed by atoms with Crippen molar-refractivity contribution in [1.29, 1.82) is 0 Å². The molecular formula is C12H22N4O. The summed E-state index contributed by atoms with van der Waals surface area (Å²) in [6.45, 7) is 7.97. The maximum Gasteiger partial charge on any atom is 0.140 e. The first-order valence-electron chi connectivity index (χ1n) is 6.40.